The third-order valence-corrected chi connectivity index (χ3v) is 5.55. The molecule has 0 saturated heterocycles. The Labute approximate surface area is 181 Å². The summed E-state index contributed by atoms with van der Waals surface area (Å²) in [4.78, 5) is 13.7. The summed E-state index contributed by atoms with van der Waals surface area (Å²) >= 11 is 0. The van der Waals surface area contributed by atoms with Crippen LogP contribution in [0.5, 0.6) is 5.75 Å². The van der Waals surface area contributed by atoms with Gasteiger partial charge in [-0.05, 0) is 49.1 Å². The smallest absolute Gasteiger partial charge is 0.180 e. The van der Waals surface area contributed by atoms with Crippen molar-refractivity contribution < 1.29 is 4.74 Å². The van der Waals surface area contributed by atoms with Crippen LogP contribution in [0.15, 0.2) is 55.1 Å². The minimum atomic E-state index is 0.296. The number of methoxy groups -OCH3 is 1. The molecule has 0 bridgehead atoms. The van der Waals surface area contributed by atoms with Gasteiger partial charge in [0.1, 0.15) is 12.2 Å². The van der Waals surface area contributed by atoms with Crippen molar-refractivity contribution in [2.24, 2.45) is 0 Å². The Morgan fingerprint density at radius 1 is 1.13 bits per heavy atom. The first-order chi connectivity index (χ1) is 15.2. The van der Waals surface area contributed by atoms with Crippen molar-refractivity contribution in [3.63, 3.8) is 0 Å². The molecule has 7 nitrogen and oxygen atoms in total. The SMILES string of the molecule is COc1cc(C=Cc2nc3n(n2)CCCC3c2ccccc2)cnc1-n1cnc(C)c1. The molecule has 4 aromatic rings. The van der Waals surface area contributed by atoms with Crippen molar-refractivity contribution in [2.45, 2.75) is 32.2 Å². The van der Waals surface area contributed by atoms with Crippen molar-refractivity contribution in [1.82, 2.24) is 29.3 Å². The molecule has 4 heterocycles. The zero-order valence-electron chi connectivity index (χ0n) is 17.6. The van der Waals surface area contributed by atoms with Crippen LogP contribution in [0.2, 0.25) is 0 Å². The molecular formula is C24H24N6O. The lowest BCUT2D eigenvalue weighted by Crippen LogP contribution is -2.17. The van der Waals surface area contributed by atoms with Gasteiger partial charge in [0.25, 0.3) is 0 Å². The van der Waals surface area contributed by atoms with E-state index in [1.165, 1.54) is 5.56 Å². The van der Waals surface area contributed by atoms with Crippen LogP contribution in [0.4, 0.5) is 0 Å². The topological polar surface area (TPSA) is 70.7 Å². The summed E-state index contributed by atoms with van der Waals surface area (Å²) < 4.78 is 9.45. The monoisotopic (exact) mass is 412 g/mol. The number of pyridine rings is 1. The van der Waals surface area contributed by atoms with Crippen LogP contribution in [-0.2, 0) is 6.54 Å². The number of benzene rings is 1. The summed E-state index contributed by atoms with van der Waals surface area (Å²) in [6, 6.07) is 12.5. The lowest BCUT2D eigenvalue weighted by Gasteiger charge is -2.22. The van der Waals surface area contributed by atoms with Gasteiger partial charge in [-0.25, -0.2) is 19.6 Å². The molecule has 7 heteroatoms. The Morgan fingerprint density at radius 2 is 2.00 bits per heavy atom. The number of rotatable bonds is 5. The van der Waals surface area contributed by atoms with Gasteiger partial charge in [0.05, 0.1) is 12.8 Å². The fourth-order valence-corrected chi connectivity index (χ4v) is 4.04. The summed E-state index contributed by atoms with van der Waals surface area (Å²) in [7, 11) is 1.65. The highest BCUT2D eigenvalue weighted by Crippen LogP contribution is 2.32. The van der Waals surface area contributed by atoms with E-state index in [0.29, 0.717) is 23.3 Å². The zero-order chi connectivity index (χ0) is 21.2. The minimum absolute atomic E-state index is 0.296. The van der Waals surface area contributed by atoms with Crippen LogP contribution in [0.1, 0.15) is 47.2 Å². The van der Waals surface area contributed by atoms with Crippen molar-refractivity contribution in [1.29, 1.82) is 0 Å². The number of aromatic nitrogens is 6. The first-order valence-electron chi connectivity index (χ1n) is 10.4. The van der Waals surface area contributed by atoms with E-state index in [1.807, 2.05) is 52.9 Å². The lowest BCUT2D eigenvalue weighted by molar-refractivity contribution is 0.410. The highest BCUT2D eigenvalue weighted by Gasteiger charge is 2.25. The molecule has 0 fully saturated rings. The molecule has 31 heavy (non-hydrogen) atoms. The van der Waals surface area contributed by atoms with Gasteiger partial charge in [-0.15, -0.1) is 0 Å². The number of fused-ring (bicyclic) bond motifs is 1. The third kappa shape index (κ3) is 3.86. The molecule has 1 atom stereocenters. The highest BCUT2D eigenvalue weighted by molar-refractivity contribution is 5.67. The van der Waals surface area contributed by atoms with Gasteiger partial charge >= 0.3 is 0 Å². The van der Waals surface area contributed by atoms with Gasteiger partial charge in [0.15, 0.2) is 17.4 Å². The van der Waals surface area contributed by atoms with E-state index in [4.69, 9.17) is 14.8 Å². The summed E-state index contributed by atoms with van der Waals surface area (Å²) in [5, 5.41) is 4.71. The van der Waals surface area contributed by atoms with Crippen LogP contribution in [0.25, 0.3) is 18.0 Å². The summed E-state index contributed by atoms with van der Waals surface area (Å²) in [6.07, 6.45) is 11.6. The van der Waals surface area contributed by atoms with Crippen LogP contribution in [0, 0.1) is 6.92 Å². The van der Waals surface area contributed by atoms with E-state index >= 15 is 0 Å². The average molecular weight is 412 g/mol. The van der Waals surface area contributed by atoms with Gasteiger partial charge in [0, 0.05) is 24.9 Å². The van der Waals surface area contributed by atoms with E-state index in [-0.39, 0.29) is 0 Å². The summed E-state index contributed by atoms with van der Waals surface area (Å²) in [5.41, 5.74) is 3.15. The lowest BCUT2D eigenvalue weighted by atomic mass is 9.91. The molecule has 0 radical (unpaired) electrons. The quantitative estimate of drug-likeness (QED) is 0.489. The molecule has 0 N–H and O–H groups in total. The maximum absolute atomic E-state index is 5.55. The first kappa shape index (κ1) is 19.2. The fraction of sp³-hybridized carbons (Fsp3) is 0.250. The van der Waals surface area contributed by atoms with E-state index in [9.17, 15) is 0 Å². The predicted octanol–water partition coefficient (Wildman–Crippen LogP) is 4.27. The number of hydrogen-bond acceptors (Lipinski definition) is 5. The van der Waals surface area contributed by atoms with Gasteiger partial charge in [-0.2, -0.15) is 5.10 Å². The molecule has 0 aliphatic carbocycles. The standard InChI is InChI=1S/C24H24N6O/c1-17-15-29(16-26-17)24-21(31-2)13-18(14-25-24)10-11-22-27-23-20(9-6-12-30(23)28-22)19-7-4-3-5-8-19/h3-5,7-8,10-11,13-16,20H,6,9,12H2,1-2H3. The molecule has 5 rings (SSSR count). The molecule has 1 unspecified atom stereocenters. The fourth-order valence-electron chi connectivity index (χ4n) is 4.04. The molecule has 0 spiro atoms. The average Bonchev–Trinajstić information content (AvgIpc) is 3.43. The molecule has 1 aliphatic heterocycles. The highest BCUT2D eigenvalue weighted by atomic mass is 16.5. The Balaban J connectivity index is 1.41. The van der Waals surface area contributed by atoms with Crippen LogP contribution in [-0.4, -0.2) is 36.4 Å². The Bertz CT molecular complexity index is 1220. The maximum atomic E-state index is 5.55. The number of hydrogen-bond donors (Lipinski definition) is 0. The normalized spacial score (nSPS) is 15.9. The van der Waals surface area contributed by atoms with Crippen molar-refractivity contribution in [3.8, 4) is 11.6 Å². The maximum Gasteiger partial charge on any atom is 0.180 e. The van der Waals surface area contributed by atoms with E-state index in [2.05, 4.69) is 34.2 Å². The van der Waals surface area contributed by atoms with E-state index in [1.54, 1.807) is 13.4 Å². The Kier molecular flexibility index (Phi) is 5.08. The number of imidazole rings is 1. The minimum Gasteiger partial charge on any atom is -0.493 e. The second-order valence-electron chi connectivity index (χ2n) is 7.71. The number of nitrogens with zero attached hydrogens (tertiary/aromatic N) is 6. The van der Waals surface area contributed by atoms with Crippen LogP contribution >= 0.6 is 0 Å². The molecule has 1 aromatic carbocycles. The summed E-state index contributed by atoms with van der Waals surface area (Å²) in [5.74, 6) is 3.44. The molecule has 0 amide bonds. The van der Waals surface area contributed by atoms with Gasteiger partial charge < -0.3 is 4.74 Å². The van der Waals surface area contributed by atoms with Gasteiger partial charge in [-0.3, -0.25) is 4.57 Å². The Hall–Kier alpha value is -3.74. The second-order valence-corrected chi connectivity index (χ2v) is 7.71. The number of aryl methyl sites for hydroxylation is 2. The largest absolute Gasteiger partial charge is 0.493 e. The summed E-state index contributed by atoms with van der Waals surface area (Å²) in [6.45, 7) is 2.85. The molecule has 3 aromatic heterocycles. The van der Waals surface area contributed by atoms with Gasteiger partial charge in [0.2, 0.25) is 0 Å². The van der Waals surface area contributed by atoms with Crippen LogP contribution < -0.4 is 4.74 Å². The Morgan fingerprint density at radius 3 is 2.77 bits per heavy atom. The van der Waals surface area contributed by atoms with Crippen molar-refractivity contribution >= 4 is 12.2 Å². The molecule has 156 valence electrons. The third-order valence-electron chi connectivity index (χ3n) is 5.55. The van der Waals surface area contributed by atoms with Gasteiger partial charge in [-0.1, -0.05) is 30.3 Å². The molecule has 0 saturated carbocycles. The van der Waals surface area contributed by atoms with Crippen molar-refractivity contribution in [2.75, 3.05) is 7.11 Å². The van der Waals surface area contributed by atoms with Crippen LogP contribution in [0.3, 0.4) is 0 Å². The predicted molar refractivity (Wildman–Crippen MR) is 119 cm³/mol. The zero-order valence-corrected chi connectivity index (χ0v) is 17.6. The second kappa shape index (κ2) is 8.18. The van der Waals surface area contributed by atoms with E-state index in [0.717, 1.165) is 36.5 Å². The molecular weight excluding hydrogens is 388 g/mol. The van der Waals surface area contributed by atoms with E-state index < -0.39 is 0 Å². The number of ether oxygens (including phenoxy) is 1. The molecule has 1 aliphatic rings. The first-order valence-corrected chi connectivity index (χ1v) is 10.4. The van der Waals surface area contributed by atoms with Crippen molar-refractivity contribution in [3.05, 3.63) is 83.6 Å².